The van der Waals surface area contributed by atoms with Crippen molar-refractivity contribution in [3.8, 4) is 48.8 Å². The zero-order valence-electron chi connectivity index (χ0n) is 62.4. The summed E-state index contributed by atoms with van der Waals surface area (Å²) in [6.07, 6.45) is 31.4. The highest BCUT2D eigenvalue weighted by molar-refractivity contribution is 7.30. The minimum absolute atomic E-state index is 0.111. The summed E-state index contributed by atoms with van der Waals surface area (Å²) in [5, 5.41) is 11.9. The first-order valence-electron chi connectivity index (χ1n) is 39.5. The predicted molar refractivity (Wildman–Crippen MR) is 428 cm³/mol. The monoisotopic (exact) mass is 1490 g/mol. The zero-order valence-corrected chi connectivity index (χ0v) is 67.3. The van der Waals surface area contributed by atoms with E-state index >= 15 is 0 Å². The maximum absolute atomic E-state index is 13.4. The van der Waals surface area contributed by atoms with Crippen molar-refractivity contribution >= 4 is 92.0 Å². The van der Waals surface area contributed by atoms with Gasteiger partial charge in [0.25, 0.3) is 11.8 Å². The number of nitrogens with one attached hydrogen (secondary N) is 4. The number of hydrogen-bond acceptors (Lipinski definition) is 12. The molecule has 16 atom stereocenters. The van der Waals surface area contributed by atoms with Crippen LogP contribution in [-0.2, 0) is 9.47 Å². The molecule has 10 nitrogen and oxygen atoms in total. The van der Waals surface area contributed by atoms with Crippen molar-refractivity contribution in [3.63, 3.8) is 0 Å². The molecule has 6 aromatic rings. The summed E-state index contributed by atoms with van der Waals surface area (Å²) >= 11 is 10.0. The van der Waals surface area contributed by atoms with Gasteiger partial charge in [-0.05, 0) is 255 Å². The normalized spacial score (nSPS) is 30.7. The maximum Gasteiger partial charge on any atom is 0.407 e. The van der Waals surface area contributed by atoms with Crippen molar-refractivity contribution in [1.82, 2.24) is 21.3 Å². The summed E-state index contributed by atoms with van der Waals surface area (Å²) in [6.45, 7) is 26.2. The molecule has 2 unspecified atom stereocenters. The van der Waals surface area contributed by atoms with E-state index in [1.165, 1.54) is 166 Å². The highest BCUT2D eigenvalue weighted by Gasteiger charge is 2.61. The van der Waals surface area contributed by atoms with Crippen LogP contribution in [0.1, 0.15) is 230 Å². The van der Waals surface area contributed by atoms with Crippen LogP contribution in [0.25, 0.3) is 48.8 Å². The SMILES string of the molecule is CC(C)CCC[C@@H](C)[C@H]1CC[C@H]2[C@@H]3CC=C4CC(OC(=O)NCCNC(=O)c5ccc(-c6ccc(-c7ccc(-c8ccc(-c9ccc(-c%10ccc(C(=O)NCCNC(=O)OC%11CC[C@@]%12(C)C(=CC[C@H]%13[C@@H]%14CC[C@H]([C@H](C)CCCC(C)C)[C@@]%14(C)CC[C@@H]%13%12)C%11)s%10)s9)s8)s7)s6)s5)CC[C@]4(C)[C@H]3CC[C@]12C. The minimum atomic E-state index is -0.397. The van der Waals surface area contributed by atoms with Crippen molar-refractivity contribution in [2.45, 2.75) is 223 Å². The molecular weight excluding hydrogens is 1380 g/mol. The van der Waals surface area contributed by atoms with Gasteiger partial charge in [0.1, 0.15) is 12.2 Å². The molecule has 6 heterocycles. The van der Waals surface area contributed by atoms with Gasteiger partial charge in [-0.3, -0.25) is 9.59 Å². The second-order valence-electron chi connectivity index (χ2n) is 34.5. The lowest BCUT2D eigenvalue weighted by Crippen LogP contribution is -2.51. The molecule has 550 valence electrons. The standard InChI is InChI=1S/C86H114N4O6S6/c1-51(2)13-11-15-53(5)61-21-23-63-59-19-17-55-49-57(37-41-83(55,7)65(59)39-43-85(61,63)9)95-81(93)89-47-45-87-79(91)77-35-33-75(101-77)73-31-29-71(99-73)69-27-25-67(97-69)68-26-28-70(98-68)72-30-32-74(100-72)76-34-36-78(102-76)80(92)88-46-48-90-82(94)96-58-38-42-84(8)56(50-58)18-20-60-64-24-22-62(54(6)16-12-14-52(3)4)86(64,10)44-40-66(60)84/h17-18,25-36,51-54,57-66H,11-16,19-24,37-50H2,1-10H3,(H,87,91)(H,88,92)(H,89,93)(H,90,94)/t53-,54-,57?,58?,59+,60+,61-,62-,63+,64+,65+,66+,83+,84+,85-,86-/m1/s1. The lowest BCUT2D eigenvalue weighted by Gasteiger charge is -2.58. The Morgan fingerprint density at radius 3 is 1.09 bits per heavy atom. The zero-order chi connectivity index (χ0) is 71.2. The van der Waals surface area contributed by atoms with Crippen LogP contribution in [-0.4, -0.2) is 62.4 Å². The lowest BCUT2D eigenvalue weighted by molar-refractivity contribution is -0.0581. The van der Waals surface area contributed by atoms with Gasteiger partial charge in [-0.25, -0.2) is 9.59 Å². The molecule has 6 saturated carbocycles. The molecule has 0 saturated heterocycles. The van der Waals surface area contributed by atoms with Crippen molar-refractivity contribution in [2.24, 2.45) is 92.7 Å². The number of carbonyl (C=O) groups is 4. The van der Waals surface area contributed by atoms with Gasteiger partial charge in [-0.1, -0.05) is 131 Å². The Bertz CT molecular complexity index is 3750. The van der Waals surface area contributed by atoms with Crippen molar-refractivity contribution < 1.29 is 28.7 Å². The molecule has 0 radical (unpaired) electrons. The number of fused-ring (bicyclic) bond motifs is 10. The molecule has 0 aromatic carbocycles. The van der Waals surface area contributed by atoms with Crippen LogP contribution in [0.2, 0.25) is 0 Å². The summed E-state index contributed by atoms with van der Waals surface area (Å²) in [6, 6.07) is 25.3. The molecule has 8 aliphatic carbocycles. The van der Waals surface area contributed by atoms with E-state index in [9.17, 15) is 19.2 Å². The highest BCUT2D eigenvalue weighted by atomic mass is 32.1. The maximum atomic E-state index is 13.4. The molecule has 0 spiro atoms. The van der Waals surface area contributed by atoms with Crippen LogP contribution in [0.5, 0.6) is 0 Å². The van der Waals surface area contributed by atoms with E-state index in [2.05, 4.69) is 151 Å². The fourth-order valence-corrected chi connectivity index (χ4v) is 28.7. The number of amides is 4. The molecule has 8 aliphatic rings. The third-order valence-electron chi connectivity index (χ3n) is 27.7. The smallest absolute Gasteiger partial charge is 0.407 e. The first-order valence-corrected chi connectivity index (χ1v) is 44.4. The predicted octanol–water partition coefficient (Wildman–Crippen LogP) is 24.1. The molecule has 0 aliphatic heterocycles. The Morgan fingerprint density at radius 1 is 0.402 bits per heavy atom. The van der Waals surface area contributed by atoms with E-state index < -0.39 is 12.2 Å². The average molecular weight is 1490 g/mol. The first-order chi connectivity index (χ1) is 49.1. The molecule has 102 heavy (non-hydrogen) atoms. The Hall–Kier alpha value is -4.84. The number of hydrogen-bond donors (Lipinski definition) is 4. The molecule has 16 heteroatoms. The van der Waals surface area contributed by atoms with E-state index in [1.54, 1.807) is 45.3 Å². The van der Waals surface area contributed by atoms with Crippen LogP contribution in [0.15, 0.2) is 96.1 Å². The Morgan fingerprint density at radius 2 is 0.735 bits per heavy atom. The molecule has 0 bridgehead atoms. The number of allylic oxidation sites excluding steroid dienone is 2. The average Bonchev–Trinajstić information content (AvgIpc) is 1.37. The van der Waals surface area contributed by atoms with Gasteiger partial charge >= 0.3 is 12.2 Å². The molecule has 6 aromatic heterocycles. The van der Waals surface area contributed by atoms with Gasteiger partial charge < -0.3 is 30.7 Å². The van der Waals surface area contributed by atoms with Crippen molar-refractivity contribution in [1.29, 1.82) is 0 Å². The van der Waals surface area contributed by atoms with Crippen LogP contribution >= 0.6 is 68.0 Å². The Balaban J connectivity index is 0.487. The van der Waals surface area contributed by atoms with Crippen LogP contribution in [0.3, 0.4) is 0 Å². The van der Waals surface area contributed by atoms with Crippen LogP contribution in [0.4, 0.5) is 9.59 Å². The molecule has 6 fully saturated rings. The second kappa shape index (κ2) is 31.2. The van der Waals surface area contributed by atoms with Gasteiger partial charge in [0.15, 0.2) is 0 Å². The van der Waals surface area contributed by atoms with Gasteiger partial charge in [-0.2, -0.15) is 0 Å². The van der Waals surface area contributed by atoms with E-state index in [0.29, 0.717) is 46.8 Å². The molecule has 14 rings (SSSR count). The highest BCUT2D eigenvalue weighted by Crippen LogP contribution is 2.70. The summed E-state index contributed by atoms with van der Waals surface area (Å²) in [5.74, 6) is 9.37. The molecule has 4 amide bonds. The number of ether oxygens (including phenoxy) is 2. The van der Waals surface area contributed by atoms with Gasteiger partial charge in [0.05, 0.1) is 9.75 Å². The summed E-state index contributed by atoms with van der Waals surface area (Å²) in [4.78, 5) is 65.9. The summed E-state index contributed by atoms with van der Waals surface area (Å²) in [5.41, 5.74) is 4.42. The van der Waals surface area contributed by atoms with Gasteiger partial charge in [0.2, 0.25) is 0 Å². The van der Waals surface area contributed by atoms with Crippen LogP contribution < -0.4 is 21.3 Å². The summed E-state index contributed by atoms with van der Waals surface area (Å²) < 4.78 is 12.1. The lowest BCUT2D eigenvalue weighted by atomic mass is 9.47. The fourth-order valence-electron chi connectivity index (χ4n) is 22.3. The Labute approximate surface area is 633 Å². The molecular formula is C86H114N4O6S6. The van der Waals surface area contributed by atoms with Gasteiger partial charge in [-0.15, -0.1) is 68.0 Å². The quantitative estimate of drug-likeness (QED) is 0.0333. The minimum Gasteiger partial charge on any atom is -0.446 e. The number of thiophene rings is 6. The first kappa shape index (κ1) is 74.0. The largest absolute Gasteiger partial charge is 0.446 e. The van der Waals surface area contributed by atoms with Crippen molar-refractivity contribution in [3.05, 3.63) is 106 Å². The third kappa shape index (κ3) is 15.3. The number of alkyl carbamates (subject to hydrolysis) is 2. The third-order valence-corrected chi connectivity index (χ3v) is 35.2. The number of rotatable bonds is 25. The van der Waals surface area contributed by atoms with E-state index in [4.69, 9.17) is 9.47 Å². The molecule has 4 N–H and O–H groups in total. The van der Waals surface area contributed by atoms with Crippen LogP contribution in [0, 0.1) is 92.7 Å². The topological polar surface area (TPSA) is 135 Å². The van der Waals surface area contributed by atoms with Gasteiger partial charge in [0, 0.05) is 87.8 Å². The van der Waals surface area contributed by atoms with E-state index in [0.717, 1.165) is 129 Å². The van der Waals surface area contributed by atoms with E-state index in [1.807, 2.05) is 24.3 Å². The Kier molecular flexibility index (Phi) is 22.6. The van der Waals surface area contributed by atoms with E-state index in [-0.39, 0.29) is 34.9 Å². The van der Waals surface area contributed by atoms with Crippen molar-refractivity contribution in [2.75, 3.05) is 26.2 Å². The fraction of sp³-hybridized carbons (Fsp3) is 0.628. The summed E-state index contributed by atoms with van der Waals surface area (Å²) in [7, 11) is 0. The second-order valence-corrected chi connectivity index (χ2v) is 41.0. The number of carbonyl (C=O) groups excluding carboxylic acids is 4.